The summed E-state index contributed by atoms with van der Waals surface area (Å²) >= 11 is 0.821. The maximum atomic E-state index is 13.0. The van der Waals surface area contributed by atoms with Gasteiger partial charge in [0.05, 0.1) is 12.5 Å². The molecule has 25 heavy (non-hydrogen) atoms. The summed E-state index contributed by atoms with van der Waals surface area (Å²) in [6.45, 7) is 3.94. The highest BCUT2D eigenvalue weighted by molar-refractivity contribution is 8.11. The van der Waals surface area contributed by atoms with Gasteiger partial charge in [-0.25, -0.2) is 0 Å². The van der Waals surface area contributed by atoms with Gasteiger partial charge in [-0.1, -0.05) is 43.2 Å². The van der Waals surface area contributed by atoms with Crippen molar-refractivity contribution >= 4 is 33.6 Å². The Morgan fingerprint density at radius 1 is 1.28 bits per heavy atom. The van der Waals surface area contributed by atoms with Crippen molar-refractivity contribution in [1.82, 2.24) is 9.62 Å². The van der Waals surface area contributed by atoms with Crippen LogP contribution in [0.4, 0.5) is 4.79 Å². The fourth-order valence-electron chi connectivity index (χ4n) is 2.20. The van der Waals surface area contributed by atoms with E-state index < -0.39 is 27.6 Å². The normalized spacial score (nSPS) is 11.6. The van der Waals surface area contributed by atoms with Crippen molar-refractivity contribution in [3.63, 3.8) is 0 Å². The third kappa shape index (κ3) is 6.97. The Labute approximate surface area is 154 Å². The van der Waals surface area contributed by atoms with Crippen LogP contribution >= 0.6 is 11.9 Å². The second-order valence-corrected chi connectivity index (χ2v) is 7.06. The quantitative estimate of drug-likeness (QED) is 0.691. The van der Waals surface area contributed by atoms with Gasteiger partial charge in [0, 0.05) is 18.5 Å². The van der Waals surface area contributed by atoms with Crippen LogP contribution < -0.4 is 4.72 Å². The number of unbranched alkanes of at least 4 members (excludes halogenated alkanes) is 1. The highest BCUT2D eigenvalue weighted by atomic mass is 32.2. The van der Waals surface area contributed by atoms with Crippen molar-refractivity contribution in [1.29, 1.82) is 0 Å². The number of rotatable bonds is 8. The summed E-state index contributed by atoms with van der Waals surface area (Å²) in [7, 11) is -1.02. The van der Waals surface area contributed by atoms with Crippen LogP contribution in [-0.4, -0.2) is 44.6 Å². The summed E-state index contributed by atoms with van der Waals surface area (Å²) in [5.74, 6) is -1.27. The number of benzene rings is 1. The predicted octanol–water partition coefficient (Wildman–Crippen LogP) is 2.76. The standard InChI is InChI=1S/C16H23N3O4S2/c1-4-5-10-19(16(21)24-17-3)15(20)14(11-18-25(22)23)13-8-6-12(2)7-9-13/h6-9,14,17H,4-5,10-11H2,1-3H3. The van der Waals surface area contributed by atoms with Crippen LogP contribution in [0.1, 0.15) is 36.8 Å². The van der Waals surface area contributed by atoms with Gasteiger partial charge in [0.1, 0.15) is 0 Å². The molecular formula is C16H23N3O4S2. The molecule has 138 valence electrons. The van der Waals surface area contributed by atoms with Crippen molar-refractivity contribution in [2.75, 3.05) is 20.1 Å². The van der Waals surface area contributed by atoms with E-state index in [1.807, 2.05) is 26.0 Å². The van der Waals surface area contributed by atoms with Crippen molar-refractivity contribution < 1.29 is 18.0 Å². The second kappa shape index (κ2) is 11.0. The minimum Gasteiger partial charge on any atom is -0.274 e. The zero-order chi connectivity index (χ0) is 18.8. The summed E-state index contributed by atoms with van der Waals surface area (Å²) in [5.41, 5.74) is 1.65. The van der Waals surface area contributed by atoms with Crippen LogP contribution in [-0.2, 0) is 15.3 Å². The first-order chi connectivity index (χ1) is 11.9. The van der Waals surface area contributed by atoms with Gasteiger partial charge >= 0.3 is 15.7 Å². The molecule has 1 N–H and O–H groups in total. The number of amides is 2. The molecular weight excluding hydrogens is 362 g/mol. The molecule has 0 saturated heterocycles. The van der Waals surface area contributed by atoms with Gasteiger partial charge in [0.15, 0.2) is 0 Å². The molecule has 0 radical (unpaired) electrons. The van der Waals surface area contributed by atoms with E-state index in [1.165, 1.54) is 4.90 Å². The molecule has 0 saturated carbocycles. The lowest BCUT2D eigenvalue weighted by Gasteiger charge is -2.24. The first kappa shape index (κ1) is 21.3. The van der Waals surface area contributed by atoms with E-state index in [4.69, 9.17) is 0 Å². The van der Waals surface area contributed by atoms with Gasteiger partial charge in [0.25, 0.3) is 0 Å². The van der Waals surface area contributed by atoms with Crippen LogP contribution in [0.2, 0.25) is 0 Å². The largest absolute Gasteiger partial charge is 0.311 e. The minimum absolute atomic E-state index is 0.224. The molecule has 0 heterocycles. The SMILES string of the molecule is CCCCN(C(=O)SNC)C(=O)C(CN=S(=O)=O)c1ccc(C)cc1. The topological polar surface area (TPSA) is 95.9 Å². The number of carbonyl (C=O) groups is 2. The van der Waals surface area contributed by atoms with Gasteiger partial charge < -0.3 is 0 Å². The molecule has 0 aliphatic heterocycles. The summed E-state index contributed by atoms with van der Waals surface area (Å²) in [4.78, 5) is 26.4. The third-order valence-electron chi connectivity index (χ3n) is 3.55. The second-order valence-electron chi connectivity index (χ2n) is 5.41. The van der Waals surface area contributed by atoms with Gasteiger partial charge in [-0.3, -0.25) is 19.2 Å². The van der Waals surface area contributed by atoms with Gasteiger partial charge in [-0.2, -0.15) is 12.8 Å². The third-order valence-corrected chi connectivity index (χ3v) is 4.51. The lowest BCUT2D eigenvalue weighted by Crippen LogP contribution is -2.40. The average molecular weight is 386 g/mol. The summed E-state index contributed by atoms with van der Waals surface area (Å²) in [6, 6.07) is 7.19. The van der Waals surface area contributed by atoms with Crippen LogP contribution in [0.25, 0.3) is 0 Å². The van der Waals surface area contributed by atoms with Crippen LogP contribution in [0, 0.1) is 6.92 Å². The van der Waals surface area contributed by atoms with Crippen LogP contribution in [0.3, 0.4) is 0 Å². The van der Waals surface area contributed by atoms with Gasteiger partial charge in [-0.05, 0) is 26.0 Å². The smallest absolute Gasteiger partial charge is 0.274 e. The van der Waals surface area contributed by atoms with Gasteiger partial charge in [-0.15, -0.1) is 0 Å². The van der Waals surface area contributed by atoms with Crippen molar-refractivity contribution in [3.05, 3.63) is 35.4 Å². The molecule has 1 unspecified atom stereocenters. The number of carbonyl (C=O) groups excluding carboxylic acids is 2. The molecule has 0 bridgehead atoms. The van der Waals surface area contributed by atoms with Crippen LogP contribution in [0.15, 0.2) is 28.6 Å². The van der Waals surface area contributed by atoms with E-state index in [9.17, 15) is 18.0 Å². The fraction of sp³-hybridized carbons (Fsp3) is 0.500. The van der Waals surface area contributed by atoms with E-state index in [0.717, 1.165) is 23.9 Å². The summed E-state index contributed by atoms with van der Waals surface area (Å²) < 4.78 is 27.7. The summed E-state index contributed by atoms with van der Waals surface area (Å²) in [5, 5.41) is -0.415. The van der Waals surface area contributed by atoms with Crippen molar-refractivity contribution in [2.45, 2.75) is 32.6 Å². The first-order valence-electron chi connectivity index (χ1n) is 7.93. The Bertz CT molecular complexity index is 709. The number of nitrogens with zero attached hydrogens (tertiary/aromatic N) is 2. The predicted molar refractivity (Wildman–Crippen MR) is 98.8 cm³/mol. The molecule has 1 atom stereocenters. The van der Waals surface area contributed by atoms with Crippen molar-refractivity contribution in [3.8, 4) is 0 Å². The lowest BCUT2D eigenvalue weighted by atomic mass is 9.96. The first-order valence-corrected chi connectivity index (χ1v) is 9.77. The molecule has 7 nitrogen and oxygen atoms in total. The molecule has 1 aromatic carbocycles. The number of imide groups is 1. The lowest BCUT2D eigenvalue weighted by molar-refractivity contribution is -0.129. The molecule has 1 aromatic rings. The molecule has 0 aliphatic rings. The van der Waals surface area contributed by atoms with Gasteiger partial charge in [0.2, 0.25) is 5.91 Å². The molecule has 2 amide bonds. The average Bonchev–Trinajstić information content (AvgIpc) is 2.57. The Kier molecular flexibility index (Phi) is 9.40. The zero-order valence-electron chi connectivity index (χ0n) is 14.6. The van der Waals surface area contributed by atoms with E-state index in [-0.39, 0.29) is 13.1 Å². The van der Waals surface area contributed by atoms with E-state index in [0.29, 0.717) is 12.0 Å². The molecule has 0 aromatic heterocycles. The Morgan fingerprint density at radius 2 is 1.92 bits per heavy atom. The molecule has 0 spiro atoms. The highest BCUT2D eigenvalue weighted by Crippen LogP contribution is 2.22. The minimum atomic E-state index is -2.61. The Morgan fingerprint density at radius 3 is 2.44 bits per heavy atom. The highest BCUT2D eigenvalue weighted by Gasteiger charge is 2.30. The van der Waals surface area contributed by atoms with E-state index in [1.54, 1.807) is 19.2 Å². The molecule has 0 fully saturated rings. The number of hydrogen-bond acceptors (Lipinski definition) is 7. The van der Waals surface area contributed by atoms with Crippen molar-refractivity contribution in [2.24, 2.45) is 4.36 Å². The maximum Gasteiger partial charge on any atom is 0.311 e. The number of aryl methyl sites for hydroxylation is 1. The zero-order valence-corrected chi connectivity index (χ0v) is 16.2. The van der Waals surface area contributed by atoms with Crippen LogP contribution in [0.5, 0.6) is 0 Å². The van der Waals surface area contributed by atoms with E-state index in [2.05, 4.69) is 9.08 Å². The number of nitrogens with one attached hydrogen (secondary N) is 1. The molecule has 1 rings (SSSR count). The Balaban J connectivity index is 3.18. The van der Waals surface area contributed by atoms with E-state index >= 15 is 0 Å². The molecule has 9 heteroatoms. The monoisotopic (exact) mass is 385 g/mol. The number of hydrogen-bond donors (Lipinski definition) is 1. The Hall–Kier alpha value is -1.71. The summed E-state index contributed by atoms with van der Waals surface area (Å²) in [6.07, 6.45) is 1.50. The maximum absolute atomic E-state index is 13.0. The fourth-order valence-corrected chi connectivity index (χ4v) is 2.94. The molecule has 0 aliphatic carbocycles.